The van der Waals surface area contributed by atoms with Crippen LogP contribution < -0.4 is 4.80 Å². The maximum atomic E-state index is 12.6. The summed E-state index contributed by atoms with van der Waals surface area (Å²) in [4.78, 5) is 32.3. The Hall–Kier alpha value is -1.64. The van der Waals surface area contributed by atoms with Gasteiger partial charge in [0.2, 0.25) is 5.91 Å². The first-order chi connectivity index (χ1) is 15.0. The van der Waals surface area contributed by atoms with Crippen molar-refractivity contribution in [2.45, 2.75) is 59.0 Å². The number of rotatable bonds is 9. The molecule has 0 N–H and O–H groups in total. The zero-order chi connectivity index (χ0) is 22.2. The standard InChI is InChI=1S/C23H33N3O3S2/c1-4-18-8-6-7-11-25(18)22(28)16-30-15-21(27)24-23-26(12-13-29-5-2)19-10-9-17(3)14-20(19)31-23/h9-10,14,18H,4-8,11-13,15-16H2,1-3H3. The van der Waals surface area contributed by atoms with E-state index in [-0.39, 0.29) is 17.6 Å². The maximum Gasteiger partial charge on any atom is 0.258 e. The predicted octanol–water partition coefficient (Wildman–Crippen LogP) is 4.00. The van der Waals surface area contributed by atoms with E-state index in [1.54, 1.807) is 0 Å². The van der Waals surface area contributed by atoms with Gasteiger partial charge >= 0.3 is 0 Å². The molecule has 170 valence electrons. The normalized spacial score (nSPS) is 17.5. The molecule has 0 aliphatic carbocycles. The van der Waals surface area contributed by atoms with E-state index >= 15 is 0 Å². The number of aryl methyl sites for hydroxylation is 1. The lowest BCUT2D eigenvalue weighted by Crippen LogP contribution is -2.44. The van der Waals surface area contributed by atoms with Gasteiger partial charge in [-0.15, -0.1) is 11.8 Å². The van der Waals surface area contributed by atoms with Crippen LogP contribution in [0.5, 0.6) is 0 Å². The van der Waals surface area contributed by atoms with E-state index in [9.17, 15) is 9.59 Å². The van der Waals surface area contributed by atoms with E-state index in [0.29, 0.717) is 36.4 Å². The van der Waals surface area contributed by atoms with Crippen LogP contribution in [0.4, 0.5) is 0 Å². The molecule has 1 aromatic carbocycles. The monoisotopic (exact) mass is 463 g/mol. The first-order valence-corrected chi connectivity index (χ1v) is 13.1. The van der Waals surface area contributed by atoms with Gasteiger partial charge in [-0.25, -0.2) is 0 Å². The summed E-state index contributed by atoms with van der Waals surface area (Å²) in [6, 6.07) is 6.63. The highest BCUT2D eigenvalue weighted by atomic mass is 32.2. The molecule has 3 rings (SSSR count). The van der Waals surface area contributed by atoms with Crippen molar-refractivity contribution in [1.82, 2.24) is 9.47 Å². The molecular weight excluding hydrogens is 430 g/mol. The molecule has 0 saturated carbocycles. The van der Waals surface area contributed by atoms with Crippen LogP contribution in [-0.2, 0) is 20.9 Å². The van der Waals surface area contributed by atoms with E-state index in [4.69, 9.17) is 4.74 Å². The molecule has 8 heteroatoms. The minimum atomic E-state index is -0.197. The van der Waals surface area contributed by atoms with Crippen molar-refractivity contribution in [2.24, 2.45) is 4.99 Å². The number of fused-ring (bicyclic) bond motifs is 1. The Balaban J connectivity index is 1.65. The predicted molar refractivity (Wildman–Crippen MR) is 129 cm³/mol. The molecule has 0 spiro atoms. The Kier molecular flexibility index (Phi) is 9.16. The number of piperidine rings is 1. The second kappa shape index (κ2) is 11.8. The molecule has 1 fully saturated rings. The van der Waals surface area contributed by atoms with Crippen molar-refractivity contribution < 1.29 is 14.3 Å². The van der Waals surface area contributed by atoms with Gasteiger partial charge in [0.15, 0.2) is 4.80 Å². The topological polar surface area (TPSA) is 63.9 Å². The quantitative estimate of drug-likeness (QED) is 0.527. The van der Waals surface area contributed by atoms with Crippen molar-refractivity contribution in [1.29, 1.82) is 0 Å². The summed E-state index contributed by atoms with van der Waals surface area (Å²) in [7, 11) is 0. The molecule has 1 aromatic heterocycles. The summed E-state index contributed by atoms with van der Waals surface area (Å²) in [5, 5.41) is 0. The molecule has 1 aliphatic rings. The molecule has 0 bridgehead atoms. The molecule has 2 heterocycles. The van der Waals surface area contributed by atoms with E-state index in [1.807, 2.05) is 11.8 Å². The number of benzene rings is 1. The van der Waals surface area contributed by atoms with Crippen LogP contribution in [-0.4, -0.2) is 58.6 Å². The summed E-state index contributed by atoms with van der Waals surface area (Å²) in [5.74, 6) is 0.508. The summed E-state index contributed by atoms with van der Waals surface area (Å²) < 4.78 is 8.69. The Morgan fingerprint density at radius 2 is 2.10 bits per heavy atom. The average Bonchev–Trinajstić information content (AvgIpc) is 3.09. The van der Waals surface area contributed by atoms with Gasteiger partial charge in [-0.05, 0) is 57.2 Å². The Bertz CT molecular complexity index is 967. The fraction of sp³-hybridized carbons (Fsp3) is 0.609. The van der Waals surface area contributed by atoms with Crippen LogP contribution in [0.15, 0.2) is 23.2 Å². The van der Waals surface area contributed by atoms with Gasteiger partial charge in [-0.2, -0.15) is 4.99 Å². The maximum absolute atomic E-state index is 12.6. The minimum Gasteiger partial charge on any atom is -0.380 e. The first-order valence-electron chi connectivity index (χ1n) is 11.2. The Morgan fingerprint density at radius 1 is 1.26 bits per heavy atom. The highest BCUT2D eigenvalue weighted by Crippen LogP contribution is 2.21. The van der Waals surface area contributed by atoms with Crippen LogP contribution in [0.2, 0.25) is 0 Å². The molecule has 6 nitrogen and oxygen atoms in total. The molecule has 1 atom stereocenters. The van der Waals surface area contributed by atoms with Gasteiger partial charge < -0.3 is 14.2 Å². The third kappa shape index (κ3) is 6.43. The third-order valence-corrected chi connectivity index (χ3v) is 7.54. The number of amides is 2. The van der Waals surface area contributed by atoms with Crippen molar-refractivity contribution in [3.63, 3.8) is 0 Å². The van der Waals surface area contributed by atoms with E-state index in [2.05, 4.69) is 41.6 Å². The number of thioether (sulfide) groups is 1. The number of hydrogen-bond acceptors (Lipinski definition) is 5. The average molecular weight is 464 g/mol. The second-order valence-corrected chi connectivity index (χ2v) is 9.84. The van der Waals surface area contributed by atoms with Gasteiger partial charge in [-0.1, -0.05) is 24.3 Å². The van der Waals surface area contributed by atoms with Gasteiger partial charge in [0, 0.05) is 25.7 Å². The Morgan fingerprint density at radius 3 is 2.87 bits per heavy atom. The van der Waals surface area contributed by atoms with Crippen LogP contribution in [0, 0.1) is 6.92 Å². The van der Waals surface area contributed by atoms with Gasteiger partial charge in [0.05, 0.1) is 28.3 Å². The first kappa shape index (κ1) is 24.0. The van der Waals surface area contributed by atoms with Crippen molar-refractivity contribution in [3.05, 3.63) is 28.6 Å². The lowest BCUT2D eigenvalue weighted by molar-refractivity contribution is -0.132. The summed E-state index contributed by atoms with van der Waals surface area (Å²) in [6.45, 7) is 8.91. The number of ether oxygens (including phenoxy) is 1. The number of nitrogens with zero attached hydrogens (tertiary/aromatic N) is 3. The molecule has 1 saturated heterocycles. The lowest BCUT2D eigenvalue weighted by Gasteiger charge is -2.35. The number of carbonyl (C=O) groups is 2. The van der Waals surface area contributed by atoms with Crippen molar-refractivity contribution >= 4 is 45.1 Å². The number of carbonyl (C=O) groups excluding carboxylic acids is 2. The molecule has 1 unspecified atom stereocenters. The minimum absolute atomic E-state index is 0.147. The number of thiazole rings is 1. The van der Waals surface area contributed by atoms with Crippen LogP contribution in [0.1, 0.15) is 45.1 Å². The zero-order valence-corrected chi connectivity index (χ0v) is 20.4. The summed E-state index contributed by atoms with van der Waals surface area (Å²) in [5.41, 5.74) is 2.25. The molecule has 1 aliphatic heterocycles. The highest BCUT2D eigenvalue weighted by molar-refractivity contribution is 8.00. The number of aromatic nitrogens is 1. The molecular formula is C23H33N3O3S2. The molecule has 31 heavy (non-hydrogen) atoms. The Labute approximate surface area is 192 Å². The van der Waals surface area contributed by atoms with Crippen LogP contribution in [0.3, 0.4) is 0 Å². The number of likely N-dealkylation sites (tertiary alicyclic amines) is 1. The van der Waals surface area contributed by atoms with Crippen molar-refractivity contribution in [3.8, 4) is 0 Å². The smallest absolute Gasteiger partial charge is 0.258 e. The third-order valence-electron chi connectivity index (χ3n) is 5.59. The van der Waals surface area contributed by atoms with Gasteiger partial charge in [0.25, 0.3) is 5.91 Å². The fourth-order valence-corrected chi connectivity index (χ4v) is 5.84. The zero-order valence-electron chi connectivity index (χ0n) is 18.8. The van der Waals surface area contributed by atoms with E-state index in [0.717, 1.165) is 36.0 Å². The molecule has 0 radical (unpaired) electrons. The van der Waals surface area contributed by atoms with E-state index in [1.165, 1.54) is 35.1 Å². The second-order valence-electron chi connectivity index (χ2n) is 7.85. The van der Waals surface area contributed by atoms with E-state index < -0.39 is 0 Å². The van der Waals surface area contributed by atoms with Crippen LogP contribution in [0.25, 0.3) is 10.2 Å². The number of hydrogen-bond donors (Lipinski definition) is 0. The van der Waals surface area contributed by atoms with Gasteiger partial charge in [-0.3, -0.25) is 9.59 Å². The van der Waals surface area contributed by atoms with Crippen LogP contribution >= 0.6 is 23.1 Å². The highest BCUT2D eigenvalue weighted by Gasteiger charge is 2.25. The summed E-state index contributed by atoms with van der Waals surface area (Å²) in [6.07, 6.45) is 4.37. The lowest BCUT2D eigenvalue weighted by atomic mass is 10.0. The van der Waals surface area contributed by atoms with Gasteiger partial charge in [0.1, 0.15) is 0 Å². The molecule has 2 aromatic rings. The SMILES string of the molecule is CCOCCn1c(=NC(=O)CSCC(=O)N2CCCCC2CC)sc2cc(C)ccc21. The molecule has 2 amide bonds. The van der Waals surface area contributed by atoms with Crippen molar-refractivity contribution in [2.75, 3.05) is 31.3 Å². The summed E-state index contributed by atoms with van der Waals surface area (Å²) >= 11 is 2.89. The fourth-order valence-electron chi connectivity index (χ4n) is 3.98. The largest absolute Gasteiger partial charge is 0.380 e.